The molecule has 3 aliphatic carbocycles. The van der Waals surface area contributed by atoms with Gasteiger partial charge in [0.15, 0.2) is 11.4 Å². The zero-order valence-electron chi connectivity index (χ0n) is 26.2. The van der Waals surface area contributed by atoms with Crippen LogP contribution in [0.25, 0.3) is 16.9 Å². The highest BCUT2D eigenvalue weighted by atomic mass is 16.3. The van der Waals surface area contributed by atoms with Crippen molar-refractivity contribution >= 4 is 23.1 Å². The van der Waals surface area contributed by atoms with Crippen molar-refractivity contribution in [1.29, 1.82) is 0 Å². The number of ketones is 3. The van der Waals surface area contributed by atoms with E-state index in [0.717, 1.165) is 16.7 Å². The van der Waals surface area contributed by atoms with Gasteiger partial charge in [0.05, 0.1) is 11.1 Å². The number of aliphatic hydroxyl groups is 2. The molecule has 0 heterocycles. The number of hydrogen-bond acceptors (Lipinski definition) is 6. The molecular weight excluding hydrogens is 528 g/mol. The summed E-state index contributed by atoms with van der Waals surface area (Å²) in [6.45, 7) is 16.7. The summed E-state index contributed by atoms with van der Waals surface area (Å²) in [5, 5.41) is 35.6. The lowest BCUT2D eigenvalue weighted by Crippen LogP contribution is -2.67. The van der Waals surface area contributed by atoms with Crippen LogP contribution in [0.15, 0.2) is 47.1 Å². The van der Waals surface area contributed by atoms with E-state index in [1.54, 1.807) is 13.8 Å². The topological polar surface area (TPSA) is 112 Å². The van der Waals surface area contributed by atoms with Crippen LogP contribution in [0.3, 0.4) is 0 Å². The average molecular weight is 571 g/mol. The highest BCUT2D eigenvalue weighted by molar-refractivity contribution is 6.33. The Kier molecular flexibility index (Phi) is 6.59. The molecule has 0 spiro atoms. The molecular formula is C36H42O6. The van der Waals surface area contributed by atoms with Crippen LogP contribution in [0.4, 0.5) is 0 Å². The van der Waals surface area contributed by atoms with Gasteiger partial charge in [0, 0.05) is 22.0 Å². The number of allylic oxidation sites excluding steroid dienone is 1. The molecule has 5 rings (SSSR count). The molecule has 0 bridgehead atoms. The second-order valence-corrected chi connectivity index (χ2v) is 14.7. The summed E-state index contributed by atoms with van der Waals surface area (Å²) in [7, 11) is 0. The number of carbonyl (C=O) groups is 3. The number of carbonyl (C=O) groups excluding carboxylic acids is 3. The van der Waals surface area contributed by atoms with Gasteiger partial charge in [-0.25, -0.2) is 0 Å². The van der Waals surface area contributed by atoms with E-state index in [1.807, 2.05) is 33.8 Å². The molecule has 222 valence electrons. The number of benzene rings is 2. The van der Waals surface area contributed by atoms with E-state index in [2.05, 4.69) is 38.1 Å². The van der Waals surface area contributed by atoms with Crippen LogP contribution in [-0.4, -0.2) is 38.3 Å². The van der Waals surface area contributed by atoms with Crippen molar-refractivity contribution in [1.82, 2.24) is 0 Å². The maximum Gasteiger partial charge on any atom is 0.206 e. The zero-order valence-corrected chi connectivity index (χ0v) is 26.2. The highest BCUT2D eigenvalue weighted by Crippen LogP contribution is 2.63. The van der Waals surface area contributed by atoms with Crippen molar-refractivity contribution in [2.24, 2.45) is 10.8 Å². The van der Waals surface area contributed by atoms with E-state index in [9.17, 15) is 29.7 Å². The summed E-state index contributed by atoms with van der Waals surface area (Å²) in [5.74, 6) is -2.46. The summed E-state index contributed by atoms with van der Waals surface area (Å²) in [6.07, 6.45) is 0.738. The standard InChI is InChI=1S/C36H42O6/c1-18(2)21-10-12-22(13-11-21)23-14-25(33(5,6)7)29(38)27-24(23)16-34(8)17-35(9)15-19(3)26(20(4)37)31(40)36(35,42)32(41)28(34)30(27)39/h10-14,18,38-39,42H,15-17H2,1-9H3/t34-,35+,36+/m1/s1. The van der Waals surface area contributed by atoms with Crippen molar-refractivity contribution in [2.45, 2.75) is 98.5 Å². The smallest absolute Gasteiger partial charge is 0.206 e. The van der Waals surface area contributed by atoms with Crippen molar-refractivity contribution in [3.63, 3.8) is 0 Å². The lowest BCUT2D eigenvalue weighted by atomic mass is 9.46. The predicted molar refractivity (Wildman–Crippen MR) is 163 cm³/mol. The molecule has 0 saturated heterocycles. The minimum atomic E-state index is -2.50. The van der Waals surface area contributed by atoms with Crippen LogP contribution >= 0.6 is 0 Å². The van der Waals surface area contributed by atoms with Gasteiger partial charge in [-0.3, -0.25) is 14.4 Å². The lowest BCUT2D eigenvalue weighted by Gasteiger charge is -2.56. The Hall–Kier alpha value is -3.51. The van der Waals surface area contributed by atoms with Gasteiger partial charge in [0.1, 0.15) is 11.5 Å². The number of aliphatic hydroxyl groups excluding tert-OH is 1. The van der Waals surface area contributed by atoms with Crippen LogP contribution in [0, 0.1) is 10.8 Å². The second kappa shape index (κ2) is 9.24. The van der Waals surface area contributed by atoms with Gasteiger partial charge < -0.3 is 15.3 Å². The quantitative estimate of drug-likeness (QED) is 0.273. The Morgan fingerprint density at radius 1 is 0.976 bits per heavy atom. The van der Waals surface area contributed by atoms with Crippen LogP contribution < -0.4 is 0 Å². The van der Waals surface area contributed by atoms with Gasteiger partial charge >= 0.3 is 0 Å². The number of fused-ring (bicyclic) bond motifs is 3. The van der Waals surface area contributed by atoms with Gasteiger partial charge in [-0.15, -0.1) is 0 Å². The monoisotopic (exact) mass is 570 g/mol. The fourth-order valence-electron chi connectivity index (χ4n) is 7.97. The molecule has 0 unspecified atom stereocenters. The predicted octanol–water partition coefficient (Wildman–Crippen LogP) is 6.90. The molecule has 2 aromatic carbocycles. The maximum absolute atomic E-state index is 14.4. The van der Waals surface area contributed by atoms with Crippen molar-refractivity contribution < 1.29 is 29.7 Å². The number of rotatable bonds is 3. The van der Waals surface area contributed by atoms with E-state index < -0.39 is 45.0 Å². The first kappa shape index (κ1) is 30.0. The van der Waals surface area contributed by atoms with Crippen LogP contribution in [0.5, 0.6) is 5.75 Å². The summed E-state index contributed by atoms with van der Waals surface area (Å²) in [4.78, 5) is 40.6. The Bertz CT molecular complexity index is 1630. The molecule has 3 N–H and O–H groups in total. The molecule has 0 amide bonds. The third-order valence-corrected chi connectivity index (χ3v) is 9.95. The highest BCUT2D eigenvalue weighted by Gasteiger charge is 2.69. The molecule has 1 fully saturated rings. The number of hydrogen-bond donors (Lipinski definition) is 3. The molecule has 2 aromatic rings. The normalized spacial score (nSPS) is 27.7. The Balaban J connectivity index is 1.81. The molecule has 0 aromatic heterocycles. The average Bonchev–Trinajstić information content (AvgIpc) is 2.85. The molecule has 6 nitrogen and oxygen atoms in total. The number of phenolic OH excluding ortho intramolecular Hbond substituents is 1. The van der Waals surface area contributed by atoms with Crippen molar-refractivity contribution in [3.8, 4) is 16.9 Å². The molecule has 1 saturated carbocycles. The van der Waals surface area contributed by atoms with E-state index in [1.165, 1.54) is 12.5 Å². The third-order valence-electron chi connectivity index (χ3n) is 9.95. The van der Waals surface area contributed by atoms with Gasteiger partial charge in [-0.05, 0) is 72.8 Å². The number of Topliss-reactive ketones (excluding diaryl/α,β-unsaturated/α-hetero) is 3. The van der Waals surface area contributed by atoms with Crippen molar-refractivity contribution in [2.75, 3.05) is 0 Å². The van der Waals surface area contributed by atoms with Gasteiger partial charge in [0.25, 0.3) is 0 Å². The Labute approximate surface area is 248 Å². The lowest BCUT2D eigenvalue weighted by molar-refractivity contribution is -0.171. The first-order valence-corrected chi connectivity index (χ1v) is 14.7. The summed E-state index contributed by atoms with van der Waals surface area (Å²) >= 11 is 0. The molecule has 42 heavy (non-hydrogen) atoms. The van der Waals surface area contributed by atoms with Gasteiger partial charge in [-0.2, -0.15) is 0 Å². The van der Waals surface area contributed by atoms with E-state index in [-0.39, 0.29) is 35.3 Å². The van der Waals surface area contributed by atoms with E-state index in [0.29, 0.717) is 23.5 Å². The van der Waals surface area contributed by atoms with E-state index in [4.69, 9.17) is 0 Å². The third kappa shape index (κ3) is 3.98. The van der Waals surface area contributed by atoms with Gasteiger partial charge in [0.2, 0.25) is 11.6 Å². The molecule has 6 heteroatoms. The minimum absolute atomic E-state index is 0.0618. The minimum Gasteiger partial charge on any atom is -0.507 e. The Morgan fingerprint density at radius 2 is 1.57 bits per heavy atom. The van der Waals surface area contributed by atoms with Crippen LogP contribution in [-0.2, 0) is 26.2 Å². The summed E-state index contributed by atoms with van der Waals surface area (Å²) in [5.41, 5.74) is -0.280. The molecule has 3 aliphatic rings. The summed E-state index contributed by atoms with van der Waals surface area (Å²) in [6, 6.07) is 10.3. The summed E-state index contributed by atoms with van der Waals surface area (Å²) < 4.78 is 0. The van der Waals surface area contributed by atoms with Crippen LogP contribution in [0.2, 0.25) is 0 Å². The molecule has 0 radical (unpaired) electrons. The fraction of sp³-hybridized carbons (Fsp3) is 0.472. The van der Waals surface area contributed by atoms with Gasteiger partial charge in [-0.1, -0.05) is 78.3 Å². The number of aromatic hydroxyl groups is 1. The van der Waals surface area contributed by atoms with Crippen molar-refractivity contribution in [3.05, 3.63) is 69.3 Å². The zero-order chi connectivity index (χ0) is 31.3. The molecule has 0 aliphatic heterocycles. The largest absolute Gasteiger partial charge is 0.507 e. The first-order valence-electron chi connectivity index (χ1n) is 14.7. The number of phenols is 1. The van der Waals surface area contributed by atoms with E-state index >= 15 is 0 Å². The molecule has 3 atom stereocenters. The first-order chi connectivity index (χ1) is 19.3. The van der Waals surface area contributed by atoms with Crippen LogP contribution in [0.1, 0.15) is 103 Å². The fourth-order valence-corrected chi connectivity index (χ4v) is 7.97. The maximum atomic E-state index is 14.4. The second-order valence-electron chi connectivity index (χ2n) is 14.7. The SMILES string of the molecule is CC(=O)C1=C(C)C[C@@]2(C)C[C@@]3(C)Cc4c(-c5ccc(C(C)C)cc5)cc(C(C)(C)C)c(O)c4C(O)=C3C(=O)[C@@]2(O)C1=O. The Morgan fingerprint density at radius 3 is 2.10 bits per heavy atom.